The molecule has 2 aliphatic rings. The number of rotatable bonds is 4. The largest absolute Gasteiger partial charge is 0.507 e. The van der Waals surface area contributed by atoms with Gasteiger partial charge in [-0.2, -0.15) is 9.90 Å². The minimum Gasteiger partial charge on any atom is -0.507 e. The zero-order chi connectivity index (χ0) is 22.6. The van der Waals surface area contributed by atoms with Crippen LogP contribution < -0.4 is 10.2 Å². The third kappa shape index (κ3) is 3.66. The SMILES string of the molecule is Cn1nc2cc(-c3ccc(-c4cnc(N5CCN[C@@H](C6(C)CC6)C5)nn4)c(O)c3)cnc2n1. The summed E-state index contributed by atoms with van der Waals surface area (Å²) in [6, 6.07) is 7.80. The Hall–Kier alpha value is -3.66. The maximum Gasteiger partial charge on any atom is 0.245 e. The number of nitrogens with one attached hydrogen (secondary N) is 1. The van der Waals surface area contributed by atoms with Gasteiger partial charge in [-0.25, -0.2) is 9.97 Å². The second kappa shape index (κ2) is 7.45. The topological polar surface area (TPSA) is 118 Å². The van der Waals surface area contributed by atoms with Gasteiger partial charge in [0.05, 0.1) is 6.20 Å². The summed E-state index contributed by atoms with van der Waals surface area (Å²) in [5, 5.41) is 31.6. The number of nitrogens with zero attached hydrogens (tertiary/aromatic N) is 8. The lowest BCUT2D eigenvalue weighted by molar-refractivity contribution is 0.329. The van der Waals surface area contributed by atoms with Gasteiger partial charge in [0.2, 0.25) is 11.6 Å². The first-order valence-corrected chi connectivity index (χ1v) is 11.2. The average Bonchev–Trinajstić information content (AvgIpc) is 3.47. The Kier molecular flexibility index (Phi) is 4.51. The van der Waals surface area contributed by atoms with Gasteiger partial charge in [-0.05, 0) is 42.0 Å². The molecule has 4 aromatic rings. The number of benzene rings is 1. The van der Waals surface area contributed by atoms with Crippen molar-refractivity contribution in [3.05, 3.63) is 36.7 Å². The van der Waals surface area contributed by atoms with Crippen LogP contribution in [0.5, 0.6) is 5.75 Å². The minimum absolute atomic E-state index is 0.111. The first-order chi connectivity index (χ1) is 16.0. The fourth-order valence-electron chi connectivity index (χ4n) is 4.48. The van der Waals surface area contributed by atoms with Crippen molar-refractivity contribution < 1.29 is 5.11 Å². The molecule has 0 spiro atoms. The molecule has 0 unspecified atom stereocenters. The molecule has 4 heterocycles. The summed E-state index contributed by atoms with van der Waals surface area (Å²) in [6.07, 6.45) is 5.95. The van der Waals surface area contributed by atoms with Crippen molar-refractivity contribution >= 4 is 17.1 Å². The van der Waals surface area contributed by atoms with Gasteiger partial charge in [-0.3, -0.25) is 0 Å². The maximum absolute atomic E-state index is 10.7. The van der Waals surface area contributed by atoms with Crippen LogP contribution in [0.15, 0.2) is 36.7 Å². The molecular weight excluding hydrogens is 418 g/mol. The quantitative estimate of drug-likeness (QED) is 0.489. The Morgan fingerprint density at radius 2 is 1.94 bits per heavy atom. The van der Waals surface area contributed by atoms with E-state index >= 15 is 0 Å². The molecule has 6 rings (SSSR count). The summed E-state index contributed by atoms with van der Waals surface area (Å²) in [5.41, 5.74) is 4.48. The van der Waals surface area contributed by atoms with Crippen molar-refractivity contribution in [2.24, 2.45) is 12.5 Å². The highest BCUT2D eigenvalue weighted by atomic mass is 16.3. The van der Waals surface area contributed by atoms with Crippen LogP contribution in [0.2, 0.25) is 0 Å². The maximum atomic E-state index is 10.7. The van der Waals surface area contributed by atoms with E-state index in [2.05, 4.69) is 47.5 Å². The number of hydrogen-bond donors (Lipinski definition) is 2. The second-order valence-corrected chi connectivity index (χ2v) is 9.24. The van der Waals surface area contributed by atoms with E-state index in [0.717, 1.165) is 30.8 Å². The molecule has 10 heteroatoms. The van der Waals surface area contributed by atoms with Crippen LogP contribution in [0, 0.1) is 5.41 Å². The molecule has 0 bridgehead atoms. The van der Waals surface area contributed by atoms with Gasteiger partial charge in [0.15, 0.2) is 0 Å². The number of anilines is 1. The van der Waals surface area contributed by atoms with Gasteiger partial charge in [0, 0.05) is 50.0 Å². The Bertz CT molecular complexity index is 1330. The molecule has 1 aromatic carbocycles. The van der Waals surface area contributed by atoms with Crippen LogP contribution in [0.4, 0.5) is 5.95 Å². The third-order valence-corrected chi connectivity index (χ3v) is 6.83. The standard InChI is InChI=1S/C23H25N9O/c1-23(5-6-23)20-13-32(8-7-24-20)22-26-12-18(27-28-22)16-4-3-14(10-19(16)33)15-9-17-21(25-11-15)30-31(2)29-17/h3-4,9-12,20,24,33H,5-8,13H2,1-2H3/t20-/m1/s1. The first kappa shape index (κ1) is 20.0. The summed E-state index contributed by atoms with van der Waals surface area (Å²) in [6.45, 7) is 5.01. The Labute approximate surface area is 190 Å². The molecule has 3 aromatic heterocycles. The van der Waals surface area contributed by atoms with E-state index in [4.69, 9.17) is 0 Å². The molecule has 1 saturated heterocycles. The molecule has 1 aliphatic carbocycles. The third-order valence-electron chi connectivity index (χ3n) is 6.83. The zero-order valence-corrected chi connectivity index (χ0v) is 18.6. The smallest absolute Gasteiger partial charge is 0.245 e. The van der Waals surface area contributed by atoms with Crippen LogP contribution in [-0.2, 0) is 7.05 Å². The number of aromatic hydroxyl groups is 1. The highest BCUT2D eigenvalue weighted by Gasteiger charge is 2.46. The van der Waals surface area contributed by atoms with Crippen molar-refractivity contribution in [2.75, 3.05) is 24.5 Å². The van der Waals surface area contributed by atoms with Gasteiger partial charge in [-0.1, -0.05) is 13.0 Å². The Balaban J connectivity index is 1.23. The van der Waals surface area contributed by atoms with Crippen molar-refractivity contribution in [3.63, 3.8) is 0 Å². The number of aryl methyl sites for hydroxylation is 1. The predicted octanol–water partition coefficient (Wildman–Crippen LogP) is 2.17. The molecule has 0 amide bonds. The van der Waals surface area contributed by atoms with Gasteiger partial charge >= 0.3 is 0 Å². The molecular formula is C23H25N9O. The summed E-state index contributed by atoms with van der Waals surface area (Å²) in [7, 11) is 1.76. The molecule has 168 valence electrons. The summed E-state index contributed by atoms with van der Waals surface area (Å²) < 4.78 is 0. The van der Waals surface area contributed by atoms with Gasteiger partial charge in [0.25, 0.3) is 0 Å². The monoisotopic (exact) mass is 443 g/mol. The normalized spacial score (nSPS) is 19.7. The van der Waals surface area contributed by atoms with Gasteiger partial charge < -0.3 is 15.3 Å². The molecule has 33 heavy (non-hydrogen) atoms. The van der Waals surface area contributed by atoms with Crippen LogP contribution in [-0.4, -0.2) is 65.9 Å². The molecule has 1 saturated carbocycles. The van der Waals surface area contributed by atoms with E-state index in [-0.39, 0.29) is 5.75 Å². The second-order valence-electron chi connectivity index (χ2n) is 9.24. The van der Waals surface area contributed by atoms with Crippen LogP contribution in [0.3, 0.4) is 0 Å². The fourth-order valence-corrected chi connectivity index (χ4v) is 4.48. The van der Waals surface area contributed by atoms with Gasteiger partial charge in [-0.15, -0.1) is 15.3 Å². The highest BCUT2D eigenvalue weighted by Crippen LogP contribution is 2.48. The van der Waals surface area contributed by atoms with Crippen molar-refractivity contribution in [2.45, 2.75) is 25.8 Å². The average molecular weight is 444 g/mol. The number of aromatic nitrogens is 7. The number of pyridine rings is 1. The van der Waals surface area contributed by atoms with Crippen LogP contribution in [0.25, 0.3) is 33.5 Å². The molecule has 2 N–H and O–H groups in total. The number of phenolic OH excluding ortho intramolecular Hbond substituents is 1. The van der Waals surface area contributed by atoms with E-state index in [0.29, 0.717) is 39.8 Å². The van der Waals surface area contributed by atoms with E-state index in [1.165, 1.54) is 17.6 Å². The Morgan fingerprint density at radius 3 is 2.70 bits per heavy atom. The first-order valence-electron chi connectivity index (χ1n) is 11.2. The van der Waals surface area contributed by atoms with E-state index in [1.54, 1.807) is 25.5 Å². The summed E-state index contributed by atoms with van der Waals surface area (Å²) >= 11 is 0. The van der Waals surface area contributed by atoms with E-state index in [1.807, 2.05) is 18.2 Å². The van der Waals surface area contributed by atoms with Crippen LogP contribution >= 0.6 is 0 Å². The number of piperazine rings is 1. The number of hydrogen-bond acceptors (Lipinski definition) is 9. The van der Waals surface area contributed by atoms with Crippen LogP contribution in [0.1, 0.15) is 19.8 Å². The molecule has 1 atom stereocenters. The molecule has 1 aliphatic heterocycles. The number of fused-ring (bicyclic) bond motifs is 1. The van der Waals surface area contributed by atoms with Crippen molar-refractivity contribution in [1.29, 1.82) is 0 Å². The fraction of sp³-hybridized carbons (Fsp3) is 0.391. The van der Waals surface area contributed by atoms with E-state index < -0.39 is 0 Å². The highest BCUT2D eigenvalue weighted by molar-refractivity contribution is 5.79. The lowest BCUT2D eigenvalue weighted by Crippen LogP contribution is -2.54. The van der Waals surface area contributed by atoms with Crippen molar-refractivity contribution in [3.8, 4) is 28.1 Å². The van der Waals surface area contributed by atoms with Crippen molar-refractivity contribution in [1.82, 2.24) is 40.5 Å². The lowest BCUT2D eigenvalue weighted by atomic mass is 9.97. The molecule has 0 radical (unpaired) electrons. The van der Waals surface area contributed by atoms with Gasteiger partial charge in [0.1, 0.15) is 17.0 Å². The minimum atomic E-state index is 0.111. The zero-order valence-electron chi connectivity index (χ0n) is 18.6. The molecule has 10 nitrogen and oxygen atoms in total. The molecule has 2 fully saturated rings. The number of phenols is 1. The van der Waals surface area contributed by atoms with E-state index in [9.17, 15) is 5.11 Å². The summed E-state index contributed by atoms with van der Waals surface area (Å²) in [4.78, 5) is 12.6. The Morgan fingerprint density at radius 1 is 1.06 bits per heavy atom. The summed E-state index contributed by atoms with van der Waals surface area (Å²) in [5.74, 6) is 0.744. The predicted molar refractivity (Wildman–Crippen MR) is 124 cm³/mol. The lowest BCUT2D eigenvalue weighted by Gasteiger charge is -2.36.